The molecule has 0 saturated heterocycles. The van der Waals surface area contributed by atoms with Crippen LogP contribution in [0.2, 0.25) is 0 Å². The molecule has 1 aromatic rings. The highest BCUT2D eigenvalue weighted by atomic mass is 79.9. The molecule has 1 amide bonds. The fourth-order valence-corrected chi connectivity index (χ4v) is 2.26. The van der Waals surface area contributed by atoms with Crippen LogP contribution in [0.1, 0.15) is 50.9 Å². The van der Waals surface area contributed by atoms with Crippen LogP contribution in [0.5, 0.6) is 5.75 Å². The summed E-state index contributed by atoms with van der Waals surface area (Å²) in [6, 6.07) is 5.15. The Balaban J connectivity index is 2.99. The van der Waals surface area contributed by atoms with Crippen molar-refractivity contribution in [1.29, 1.82) is 0 Å². The van der Waals surface area contributed by atoms with Gasteiger partial charge in [0.2, 0.25) is 5.91 Å². The summed E-state index contributed by atoms with van der Waals surface area (Å²) in [4.78, 5) is 23.9. The molecule has 0 aromatic heterocycles. The van der Waals surface area contributed by atoms with E-state index in [1.165, 1.54) is 0 Å². The van der Waals surface area contributed by atoms with Crippen LogP contribution in [0.15, 0.2) is 18.2 Å². The molecule has 122 valence electrons. The molecule has 0 aliphatic rings. The van der Waals surface area contributed by atoms with Gasteiger partial charge in [-0.25, -0.2) is 0 Å². The molecule has 0 aliphatic heterocycles. The van der Waals surface area contributed by atoms with Gasteiger partial charge in [-0.3, -0.25) is 9.59 Å². The number of carbonyl (C=O) groups is 2. The van der Waals surface area contributed by atoms with Crippen LogP contribution in [0.3, 0.4) is 0 Å². The van der Waals surface area contributed by atoms with Gasteiger partial charge in [-0.2, -0.15) is 0 Å². The van der Waals surface area contributed by atoms with Crippen LogP contribution in [-0.2, 0) is 4.79 Å². The first-order chi connectivity index (χ1) is 10.4. The fraction of sp³-hybridized carbons (Fsp3) is 0.529. The van der Waals surface area contributed by atoms with Crippen LogP contribution in [-0.4, -0.2) is 23.1 Å². The van der Waals surface area contributed by atoms with E-state index in [0.29, 0.717) is 30.0 Å². The Morgan fingerprint density at radius 3 is 2.50 bits per heavy atom. The predicted octanol–water partition coefficient (Wildman–Crippen LogP) is 4.43. The minimum Gasteiger partial charge on any atom is -0.492 e. The minimum absolute atomic E-state index is 0.0171. The number of ether oxygens (including phenoxy) is 1. The van der Waals surface area contributed by atoms with E-state index in [4.69, 9.17) is 4.74 Å². The molecule has 1 N–H and O–H groups in total. The van der Waals surface area contributed by atoms with Gasteiger partial charge in [0.15, 0.2) is 5.78 Å². The van der Waals surface area contributed by atoms with Gasteiger partial charge in [0.25, 0.3) is 0 Å². The summed E-state index contributed by atoms with van der Waals surface area (Å²) in [6.45, 7) is 8.27. The maximum absolute atomic E-state index is 12.2. The molecule has 0 fully saturated rings. The van der Waals surface area contributed by atoms with Crippen LogP contribution in [0, 0.1) is 5.92 Å². The number of amides is 1. The second-order valence-electron chi connectivity index (χ2n) is 5.53. The summed E-state index contributed by atoms with van der Waals surface area (Å²) in [5.74, 6) is 0.779. The summed E-state index contributed by atoms with van der Waals surface area (Å²) in [7, 11) is 0. The zero-order valence-electron chi connectivity index (χ0n) is 13.6. The Hall–Kier alpha value is -1.36. The first-order valence-corrected chi connectivity index (χ1v) is 8.55. The van der Waals surface area contributed by atoms with Crippen molar-refractivity contribution in [3.05, 3.63) is 23.8 Å². The Morgan fingerprint density at radius 1 is 1.27 bits per heavy atom. The number of rotatable bonds is 8. The fourth-order valence-electron chi connectivity index (χ4n) is 1.99. The van der Waals surface area contributed by atoms with Gasteiger partial charge in [-0.1, -0.05) is 36.7 Å². The lowest BCUT2D eigenvalue weighted by atomic mass is 10.1. The maximum atomic E-state index is 12.2. The largest absolute Gasteiger partial charge is 0.492 e. The SMILES string of the molecule is CCOc1cc(C(=O)C(Br)CC)ccc1NC(=O)CC(C)C. The third-order valence-electron chi connectivity index (χ3n) is 3.08. The molecular weight excluding hydrogens is 346 g/mol. The van der Waals surface area contributed by atoms with Crippen molar-refractivity contribution in [3.63, 3.8) is 0 Å². The van der Waals surface area contributed by atoms with Gasteiger partial charge in [-0.15, -0.1) is 0 Å². The third-order valence-corrected chi connectivity index (χ3v) is 4.14. The van der Waals surface area contributed by atoms with Crippen molar-refractivity contribution >= 4 is 33.3 Å². The highest BCUT2D eigenvalue weighted by Crippen LogP contribution is 2.28. The molecule has 1 atom stereocenters. The molecule has 0 radical (unpaired) electrons. The average molecular weight is 370 g/mol. The smallest absolute Gasteiger partial charge is 0.224 e. The Bertz CT molecular complexity index is 529. The van der Waals surface area contributed by atoms with E-state index in [2.05, 4.69) is 21.2 Å². The number of halogens is 1. The van der Waals surface area contributed by atoms with E-state index < -0.39 is 0 Å². The number of ketones is 1. The van der Waals surface area contributed by atoms with Gasteiger partial charge in [-0.05, 0) is 37.5 Å². The lowest BCUT2D eigenvalue weighted by Crippen LogP contribution is -2.16. The lowest BCUT2D eigenvalue weighted by molar-refractivity contribution is -0.116. The van der Waals surface area contributed by atoms with Crippen molar-refractivity contribution in [2.24, 2.45) is 5.92 Å². The first-order valence-electron chi connectivity index (χ1n) is 7.63. The number of alkyl halides is 1. The van der Waals surface area contributed by atoms with E-state index in [1.54, 1.807) is 18.2 Å². The van der Waals surface area contributed by atoms with E-state index in [9.17, 15) is 9.59 Å². The summed E-state index contributed by atoms with van der Waals surface area (Å²) in [6.07, 6.45) is 1.17. The van der Waals surface area contributed by atoms with Crippen molar-refractivity contribution in [3.8, 4) is 5.75 Å². The monoisotopic (exact) mass is 369 g/mol. The Kier molecular flexibility index (Phi) is 7.59. The van der Waals surface area contributed by atoms with E-state index >= 15 is 0 Å². The van der Waals surface area contributed by atoms with Gasteiger partial charge in [0.1, 0.15) is 5.75 Å². The lowest BCUT2D eigenvalue weighted by Gasteiger charge is -2.14. The normalized spacial score (nSPS) is 12.1. The molecule has 4 nitrogen and oxygen atoms in total. The molecule has 0 heterocycles. The zero-order valence-corrected chi connectivity index (χ0v) is 15.2. The summed E-state index contributed by atoms with van der Waals surface area (Å²) in [5, 5.41) is 2.85. The third kappa shape index (κ3) is 5.44. The summed E-state index contributed by atoms with van der Waals surface area (Å²) >= 11 is 3.37. The van der Waals surface area contributed by atoms with Gasteiger partial charge < -0.3 is 10.1 Å². The molecular formula is C17H24BrNO3. The predicted molar refractivity (Wildman–Crippen MR) is 93.0 cm³/mol. The maximum Gasteiger partial charge on any atom is 0.224 e. The number of nitrogens with one attached hydrogen (secondary N) is 1. The molecule has 0 aliphatic carbocycles. The number of Topliss-reactive ketones (excluding diaryl/α,β-unsaturated/α-hetero) is 1. The van der Waals surface area contributed by atoms with Gasteiger partial charge >= 0.3 is 0 Å². The standard InChI is InChI=1S/C17H24BrNO3/c1-5-13(18)17(21)12-7-8-14(15(10-12)22-6-2)19-16(20)9-11(3)4/h7-8,10-11,13H,5-6,9H2,1-4H3,(H,19,20). The highest BCUT2D eigenvalue weighted by molar-refractivity contribution is 9.10. The topological polar surface area (TPSA) is 55.4 Å². The van der Waals surface area contributed by atoms with Crippen LogP contribution < -0.4 is 10.1 Å². The molecule has 1 aromatic carbocycles. The molecule has 0 saturated carbocycles. The minimum atomic E-state index is -0.205. The quantitative estimate of drug-likeness (QED) is 0.544. The van der Waals surface area contributed by atoms with Crippen molar-refractivity contribution < 1.29 is 14.3 Å². The van der Waals surface area contributed by atoms with E-state index in [-0.39, 0.29) is 22.4 Å². The molecule has 22 heavy (non-hydrogen) atoms. The highest BCUT2D eigenvalue weighted by Gasteiger charge is 2.17. The summed E-state index contributed by atoms with van der Waals surface area (Å²) < 4.78 is 5.56. The van der Waals surface area contributed by atoms with Crippen LogP contribution >= 0.6 is 15.9 Å². The van der Waals surface area contributed by atoms with Gasteiger partial charge in [0.05, 0.1) is 17.1 Å². The van der Waals surface area contributed by atoms with Gasteiger partial charge in [0, 0.05) is 12.0 Å². The number of benzene rings is 1. The average Bonchev–Trinajstić information content (AvgIpc) is 2.46. The number of carbonyl (C=O) groups excluding carboxylic acids is 2. The second kappa shape index (κ2) is 8.93. The summed E-state index contributed by atoms with van der Waals surface area (Å²) in [5.41, 5.74) is 1.18. The molecule has 0 spiro atoms. The first kappa shape index (κ1) is 18.7. The second-order valence-corrected chi connectivity index (χ2v) is 6.64. The zero-order chi connectivity index (χ0) is 16.7. The number of anilines is 1. The Morgan fingerprint density at radius 2 is 1.95 bits per heavy atom. The van der Waals surface area contributed by atoms with Crippen LogP contribution in [0.25, 0.3) is 0 Å². The van der Waals surface area contributed by atoms with E-state index in [0.717, 1.165) is 6.42 Å². The van der Waals surface area contributed by atoms with Crippen molar-refractivity contribution in [2.75, 3.05) is 11.9 Å². The van der Waals surface area contributed by atoms with Crippen molar-refractivity contribution in [2.45, 2.75) is 45.4 Å². The molecule has 1 rings (SSSR count). The molecule has 0 bridgehead atoms. The van der Waals surface area contributed by atoms with Crippen LogP contribution in [0.4, 0.5) is 5.69 Å². The molecule has 5 heteroatoms. The number of hydrogen-bond acceptors (Lipinski definition) is 3. The van der Waals surface area contributed by atoms with Crippen molar-refractivity contribution in [1.82, 2.24) is 0 Å². The molecule has 1 unspecified atom stereocenters. The van der Waals surface area contributed by atoms with E-state index in [1.807, 2.05) is 27.7 Å². The number of hydrogen-bond donors (Lipinski definition) is 1. The Labute approximate surface area is 140 Å².